The van der Waals surface area contributed by atoms with Crippen LogP contribution in [0, 0.1) is 0 Å². The number of oxazole rings is 1. The number of rotatable bonds is 3. The van der Waals surface area contributed by atoms with Crippen LogP contribution in [0.3, 0.4) is 0 Å². The number of para-hydroxylation sites is 2. The van der Waals surface area contributed by atoms with E-state index in [9.17, 15) is 0 Å². The van der Waals surface area contributed by atoms with Gasteiger partial charge in [0.1, 0.15) is 5.52 Å². The number of fused-ring (bicyclic) bond motifs is 1. The van der Waals surface area contributed by atoms with E-state index in [4.69, 9.17) is 4.42 Å². The van der Waals surface area contributed by atoms with E-state index in [1.54, 1.807) is 0 Å². The molecule has 2 heterocycles. The van der Waals surface area contributed by atoms with E-state index in [1.807, 2.05) is 24.3 Å². The molecule has 0 radical (unpaired) electrons. The number of hydrogen-bond donors (Lipinski definition) is 2. The molecule has 1 aliphatic rings. The molecular weight excluding hydrogens is 214 g/mol. The molecule has 1 saturated heterocycles. The summed E-state index contributed by atoms with van der Waals surface area (Å²) in [7, 11) is 0. The Labute approximate surface area is 100 Å². The van der Waals surface area contributed by atoms with E-state index in [-0.39, 0.29) is 0 Å². The number of hydrogen-bond acceptors (Lipinski definition) is 4. The summed E-state index contributed by atoms with van der Waals surface area (Å²) in [4.78, 5) is 4.39. The molecule has 1 atom stereocenters. The van der Waals surface area contributed by atoms with Gasteiger partial charge >= 0.3 is 0 Å². The third-order valence-corrected chi connectivity index (χ3v) is 3.21. The molecule has 90 valence electrons. The Morgan fingerprint density at radius 3 is 3.12 bits per heavy atom. The summed E-state index contributed by atoms with van der Waals surface area (Å²) < 4.78 is 5.61. The molecule has 0 bridgehead atoms. The number of benzene rings is 1. The fraction of sp³-hybridized carbons (Fsp3) is 0.462. The first-order valence-corrected chi connectivity index (χ1v) is 6.25. The predicted octanol–water partition coefficient (Wildman–Crippen LogP) is 2.38. The monoisotopic (exact) mass is 231 g/mol. The van der Waals surface area contributed by atoms with Gasteiger partial charge in [0.2, 0.25) is 0 Å². The van der Waals surface area contributed by atoms with Crippen LogP contribution >= 0.6 is 0 Å². The van der Waals surface area contributed by atoms with Crippen molar-refractivity contribution in [3.8, 4) is 0 Å². The smallest absolute Gasteiger partial charge is 0.295 e. The number of piperidine rings is 1. The van der Waals surface area contributed by atoms with E-state index >= 15 is 0 Å². The van der Waals surface area contributed by atoms with Crippen molar-refractivity contribution >= 4 is 17.1 Å². The summed E-state index contributed by atoms with van der Waals surface area (Å²) in [6, 6.07) is 8.99. The minimum absolute atomic E-state index is 0.541. The maximum atomic E-state index is 5.61. The van der Waals surface area contributed by atoms with Crippen LogP contribution in [-0.2, 0) is 0 Å². The van der Waals surface area contributed by atoms with Gasteiger partial charge < -0.3 is 15.1 Å². The van der Waals surface area contributed by atoms with Gasteiger partial charge in [-0.1, -0.05) is 18.6 Å². The van der Waals surface area contributed by atoms with E-state index in [2.05, 4.69) is 15.6 Å². The second-order valence-corrected chi connectivity index (χ2v) is 4.51. The molecule has 2 aromatic rings. The van der Waals surface area contributed by atoms with Gasteiger partial charge in [-0.2, -0.15) is 4.98 Å². The largest absolute Gasteiger partial charge is 0.424 e. The first-order chi connectivity index (χ1) is 8.42. The zero-order valence-electron chi connectivity index (χ0n) is 9.78. The Morgan fingerprint density at radius 1 is 1.35 bits per heavy atom. The third-order valence-electron chi connectivity index (χ3n) is 3.21. The van der Waals surface area contributed by atoms with Gasteiger partial charge in [-0.25, -0.2) is 0 Å². The summed E-state index contributed by atoms with van der Waals surface area (Å²) in [5.41, 5.74) is 1.75. The Bertz CT molecular complexity index is 455. The average Bonchev–Trinajstić information content (AvgIpc) is 2.80. The molecule has 0 unspecified atom stereocenters. The minimum Gasteiger partial charge on any atom is -0.424 e. The summed E-state index contributed by atoms with van der Waals surface area (Å²) in [5.74, 6) is 0. The van der Waals surface area contributed by atoms with Crippen LogP contribution in [-0.4, -0.2) is 24.1 Å². The highest BCUT2D eigenvalue weighted by Crippen LogP contribution is 2.18. The zero-order valence-corrected chi connectivity index (χ0v) is 9.78. The lowest BCUT2D eigenvalue weighted by atomic mass is 10.1. The molecule has 1 aromatic heterocycles. The van der Waals surface area contributed by atoms with Crippen LogP contribution in [0.1, 0.15) is 19.3 Å². The van der Waals surface area contributed by atoms with Gasteiger partial charge in [-0.15, -0.1) is 0 Å². The molecule has 17 heavy (non-hydrogen) atoms. The van der Waals surface area contributed by atoms with E-state index in [0.29, 0.717) is 12.1 Å². The normalized spacial score (nSPS) is 20.6. The van der Waals surface area contributed by atoms with Crippen molar-refractivity contribution in [1.29, 1.82) is 0 Å². The SMILES string of the molecule is c1ccc2oc(NC[C@H]3CCCCN3)nc2c1. The minimum atomic E-state index is 0.541. The molecule has 0 aliphatic carbocycles. The summed E-state index contributed by atoms with van der Waals surface area (Å²) in [6.07, 6.45) is 3.83. The second kappa shape index (κ2) is 4.75. The van der Waals surface area contributed by atoms with Crippen LogP contribution in [0.2, 0.25) is 0 Å². The fourth-order valence-corrected chi connectivity index (χ4v) is 2.26. The van der Waals surface area contributed by atoms with Crippen LogP contribution in [0.25, 0.3) is 11.1 Å². The standard InChI is InChI=1S/C13H17N3O/c1-2-7-12-11(6-1)16-13(17-12)15-9-10-5-3-4-8-14-10/h1-2,6-7,10,14H,3-5,8-9H2,(H,15,16)/t10-/m1/s1. The number of aromatic nitrogens is 1. The van der Waals surface area contributed by atoms with E-state index in [0.717, 1.165) is 24.2 Å². The van der Waals surface area contributed by atoms with Crippen molar-refractivity contribution in [3.05, 3.63) is 24.3 Å². The molecule has 4 nitrogen and oxygen atoms in total. The molecule has 0 saturated carbocycles. The molecule has 1 aliphatic heterocycles. The van der Waals surface area contributed by atoms with Crippen LogP contribution in [0.5, 0.6) is 0 Å². The lowest BCUT2D eigenvalue weighted by Gasteiger charge is -2.23. The molecule has 1 fully saturated rings. The van der Waals surface area contributed by atoms with Crippen molar-refractivity contribution in [1.82, 2.24) is 10.3 Å². The van der Waals surface area contributed by atoms with Gasteiger partial charge in [0.15, 0.2) is 5.58 Å². The Kier molecular flexibility index (Phi) is 2.96. The van der Waals surface area contributed by atoms with E-state index < -0.39 is 0 Å². The Hall–Kier alpha value is -1.55. The highest BCUT2D eigenvalue weighted by Gasteiger charge is 2.13. The lowest BCUT2D eigenvalue weighted by Crippen LogP contribution is -2.39. The van der Waals surface area contributed by atoms with Gasteiger partial charge in [-0.3, -0.25) is 0 Å². The first kappa shape index (κ1) is 10.6. The van der Waals surface area contributed by atoms with Crippen LogP contribution < -0.4 is 10.6 Å². The maximum Gasteiger partial charge on any atom is 0.295 e. The molecule has 2 N–H and O–H groups in total. The summed E-state index contributed by atoms with van der Waals surface area (Å²) in [5, 5.41) is 6.75. The highest BCUT2D eigenvalue weighted by atomic mass is 16.4. The summed E-state index contributed by atoms with van der Waals surface area (Å²) in [6.45, 7) is 2.01. The maximum absolute atomic E-state index is 5.61. The van der Waals surface area contributed by atoms with Gasteiger partial charge in [0.05, 0.1) is 0 Å². The number of nitrogens with one attached hydrogen (secondary N) is 2. The average molecular weight is 231 g/mol. The van der Waals surface area contributed by atoms with Crippen molar-refractivity contribution in [2.75, 3.05) is 18.4 Å². The van der Waals surface area contributed by atoms with Crippen molar-refractivity contribution in [2.45, 2.75) is 25.3 Å². The molecule has 3 rings (SSSR count). The molecule has 1 aromatic carbocycles. The lowest BCUT2D eigenvalue weighted by molar-refractivity contribution is 0.411. The van der Waals surface area contributed by atoms with Crippen LogP contribution in [0.4, 0.5) is 6.01 Å². The van der Waals surface area contributed by atoms with E-state index in [1.165, 1.54) is 19.3 Å². The Morgan fingerprint density at radius 2 is 2.29 bits per heavy atom. The van der Waals surface area contributed by atoms with Gasteiger partial charge in [0, 0.05) is 12.6 Å². The number of nitrogens with zero attached hydrogens (tertiary/aromatic N) is 1. The molecule has 0 spiro atoms. The molecule has 0 amide bonds. The summed E-state index contributed by atoms with van der Waals surface area (Å²) >= 11 is 0. The Balaban J connectivity index is 1.64. The highest BCUT2D eigenvalue weighted by molar-refractivity contribution is 5.74. The zero-order chi connectivity index (χ0) is 11.5. The first-order valence-electron chi connectivity index (χ1n) is 6.25. The third kappa shape index (κ3) is 2.42. The van der Waals surface area contributed by atoms with Gasteiger partial charge in [0.25, 0.3) is 6.01 Å². The predicted molar refractivity (Wildman–Crippen MR) is 68.1 cm³/mol. The van der Waals surface area contributed by atoms with Crippen molar-refractivity contribution < 1.29 is 4.42 Å². The van der Waals surface area contributed by atoms with Crippen molar-refractivity contribution in [2.24, 2.45) is 0 Å². The second-order valence-electron chi connectivity index (χ2n) is 4.51. The van der Waals surface area contributed by atoms with Crippen molar-refractivity contribution in [3.63, 3.8) is 0 Å². The molecule has 4 heteroatoms. The quantitative estimate of drug-likeness (QED) is 0.851. The van der Waals surface area contributed by atoms with Gasteiger partial charge in [-0.05, 0) is 31.5 Å². The topological polar surface area (TPSA) is 50.1 Å². The number of anilines is 1. The van der Waals surface area contributed by atoms with Crippen LogP contribution in [0.15, 0.2) is 28.7 Å². The fourth-order valence-electron chi connectivity index (χ4n) is 2.26. The molecular formula is C13H17N3O.